The third-order valence-electron chi connectivity index (χ3n) is 6.60. The van der Waals surface area contributed by atoms with Crippen molar-refractivity contribution in [1.29, 1.82) is 0 Å². The Morgan fingerprint density at radius 1 is 1.00 bits per heavy atom. The number of primary sulfonamides is 1. The Bertz CT molecular complexity index is 1610. The molecule has 5 rings (SSSR count). The van der Waals surface area contributed by atoms with Crippen molar-refractivity contribution in [3.8, 4) is 22.9 Å². The van der Waals surface area contributed by atoms with Gasteiger partial charge in [-0.25, -0.2) is 32.9 Å². The molecule has 1 aliphatic rings. The van der Waals surface area contributed by atoms with Gasteiger partial charge in [0.05, 0.1) is 11.3 Å². The maximum Gasteiger partial charge on any atom is 0.228 e. The highest BCUT2D eigenvalue weighted by molar-refractivity contribution is 7.89. The molecule has 2 unspecified atom stereocenters. The van der Waals surface area contributed by atoms with Gasteiger partial charge in [-0.2, -0.15) is 4.39 Å². The zero-order valence-corrected chi connectivity index (χ0v) is 22.4. The topological polar surface area (TPSA) is 132 Å². The lowest BCUT2D eigenvalue weighted by Crippen LogP contribution is -2.42. The largest absolute Gasteiger partial charge is 0.435 e. The SMILES string of the molecule is CC1CNC[C@@H](Nc2nccc(-c3cccnc3Oc3ccc(C(c4ccccc4)S(N)(=O)=O)c(F)c3F)n2)C1. The standard InChI is InChI=1S/C28H28F2N6O3S/c1-17-14-19(16-32-15-17)35-28-34-13-11-22(36-28)20-8-5-12-33-27(20)39-23-10-9-21(24(29)25(23)30)26(40(31,37)38)18-6-3-2-4-7-18/h2-13,17,19,26,32H,14-16H2,1H3,(H2,31,37,38)(H,34,35,36)/t17?,19-,26?/m0/s1. The van der Waals surface area contributed by atoms with Crippen LogP contribution in [0, 0.1) is 17.6 Å². The second kappa shape index (κ2) is 11.6. The van der Waals surface area contributed by atoms with E-state index in [9.17, 15) is 8.42 Å². The molecule has 4 aromatic rings. The lowest BCUT2D eigenvalue weighted by Gasteiger charge is -2.28. The fourth-order valence-corrected chi connectivity index (χ4v) is 5.87. The van der Waals surface area contributed by atoms with Gasteiger partial charge in [0.15, 0.2) is 11.6 Å². The number of anilines is 1. The van der Waals surface area contributed by atoms with E-state index in [0.717, 1.165) is 31.6 Å². The first-order valence-electron chi connectivity index (χ1n) is 12.7. The van der Waals surface area contributed by atoms with Crippen LogP contribution in [0.3, 0.4) is 0 Å². The Hall–Kier alpha value is -4.00. The number of sulfonamides is 1. The smallest absolute Gasteiger partial charge is 0.228 e. The molecule has 0 bridgehead atoms. The Kier molecular flexibility index (Phi) is 8.01. The van der Waals surface area contributed by atoms with Crippen LogP contribution in [0.2, 0.25) is 0 Å². The first-order valence-corrected chi connectivity index (χ1v) is 14.3. The maximum absolute atomic E-state index is 15.3. The van der Waals surface area contributed by atoms with E-state index in [-0.39, 0.29) is 17.5 Å². The molecule has 0 spiro atoms. The van der Waals surface area contributed by atoms with Gasteiger partial charge in [-0.1, -0.05) is 43.3 Å². The fraction of sp³-hybridized carbons (Fsp3) is 0.250. The van der Waals surface area contributed by atoms with E-state index in [1.54, 1.807) is 42.6 Å². The van der Waals surface area contributed by atoms with Gasteiger partial charge in [0, 0.05) is 30.5 Å². The fourth-order valence-electron chi connectivity index (χ4n) is 4.80. The van der Waals surface area contributed by atoms with Crippen LogP contribution in [-0.4, -0.2) is 42.5 Å². The zero-order valence-electron chi connectivity index (χ0n) is 21.6. The summed E-state index contributed by atoms with van der Waals surface area (Å²) in [4.78, 5) is 13.1. The summed E-state index contributed by atoms with van der Waals surface area (Å²) < 4.78 is 61.1. The van der Waals surface area contributed by atoms with Crippen LogP contribution in [0.15, 0.2) is 73.1 Å². The van der Waals surface area contributed by atoms with Crippen molar-refractivity contribution in [2.75, 3.05) is 18.4 Å². The highest BCUT2D eigenvalue weighted by Crippen LogP contribution is 2.37. The summed E-state index contributed by atoms with van der Waals surface area (Å²) in [5.74, 6) is -2.31. The van der Waals surface area contributed by atoms with Gasteiger partial charge < -0.3 is 15.4 Å². The Morgan fingerprint density at radius 2 is 1.80 bits per heavy atom. The molecule has 12 heteroatoms. The minimum atomic E-state index is -4.33. The molecule has 2 aromatic carbocycles. The highest BCUT2D eigenvalue weighted by atomic mass is 32.2. The minimum absolute atomic E-state index is 0.0165. The lowest BCUT2D eigenvalue weighted by atomic mass is 9.98. The number of hydrogen-bond acceptors (Lipinski definition) is 8. The average Bonchev–Trinajstić information content (AvgIpc) is 2.93. The molecule has 0 saturated carbocycles. The summed E-state index contributed by atoms with van der Waals surface area (Å²) in [6, 6.07) is 15.3. The third kappa shape index (κ3) is 6.09. The molecule has 0 radical (unpaired) electrons. The van der Waals surface area contributed by atoms with E-state index < -0.39 is 38.2 Å². The molecule has 208 valence electrons. The first-order chi connectivity index (χ1) is 19.2. The van der Waals surface area contributed by atoms with Crippen LogP contribution in [0.25, 0.3) is 11.3 Å². The first kappa shape index (κ1) is 27.6. The van der Waals surface area contributed by atoms with Crippen molar-refractivity contribution in [3.05, 3.63) is 95.8 Å². The zero-order chi connectivity index (χ0) is 28.3. The number of ether oxygens (including phenoxy) is 1. The number of nitrogens with one attached hydrogen (secondary N) is 2. The summed E-state index contributed by atoms with van der Waals surface area (Å²) in [6.45, 7) is 3.92. The van der Waals surface area contributed by atoms with E-state index in [4.69, 9.17) is 9.88 Å². The van der Waals surface area contributed by atoms with Crippen LogP contribution in [0.1, 0.15) is 29.7 Å². The van der Waals surface area contributed by atoms with Crippen LogP contribution >= 0.6 is 0 Å². The molecule has 2 aromatic heterocycles. The Labute approximate surface area is 230 Å². The molecular formula is C28H28F2N6O3S. The Balaban J connectivity index is 1.44. The van der Waals surface area contributed by atoms with Crippen LogP contribution in [-0.2, 0) is 10.0 Å². The van der Waals surface area contributed by atoms with Gasteiger partial charge in [-0.3, -0.25) is 0 Å². The van der Waals surface area contributed by atoms with Crippen molar-refractivity contribution in [2.24, 2.45) is 11.1 Å². The molecule has 0 aliphatic carbocycles. The number of halogens is 2. The van der Waals surface area contributed by atoms with E-state index in [0.29, 0.717) is 23.1 Å². The molecular weight excluding hydrogens is 538 g/mol. The van der Waals surface area contributed by atoms with E-state index in [1.165, 1.54) is 18.3 Å². The van der Waals surface area contributed by atoms with Crippen molar-refractivity contribution in [1.82, 2.24) is 20.3 Å². The number of rotatable bonds is 8. The van der Waals surface area contributed by atoms with Crippen molar-refractivity contribution < 1.29 is 21.9 Å². The number of nitrogens with two attached hydrogens (primary N) is 1. The second-order valence-electron chi connectivity index (χ2n) is 9.72. The lowest BCUT2D eigenvalue weighted by molar-refractivity contribution is 0.377. The van der Waals surface area contributed by atoms with E-state index >= 15 is 8.78 Å². The number of benzene rings is 2. The van der Waals surface area contributed by atoms with Crippen LogP contribution in [0.5, 0.6) is 11.6 Å². The molecule has 4 N–H and O–H groups in total. The van der Waals surface area contributed by atoms with Gasteiger partial charge >= 0.3 is 0 Å². The summed E-state index contributed by atoms with van der Waals surface area (Å²) in [5, 5.41) is 10.5. The summed E-state index contributed by atoms with van der Waals surface area (Å²) in [7, 11) is -4.33. The molecule has 1 aliphatic heterocycles. The average molecular weight is 567 g/mol. The number of hydrogen-bond donors (Lipinski definition) is 3. The van der Waals surface area contributed by atoms with Crippen molar-refractivity contribution in [3.63, 3.8) is 0 Å². The third-order valence-corrected chi connectivity index (χ3v) is 7.79. The van der Waals surface area contributed by atoms with Crippen molar-refractivity contribution in [2.45, 2.75) is 24.6 Å². The number of pyridine rings is 1. The van der Waals surface area contributed by atoms with E-state index in [1.807, 2.05) is 0 Å². The molecule has 0 amide bonds. The predicted octanol–water partition coefficient (Wildman–Crippen LogP) is 4.40. The second-order valence-corrected chi connectivity index (χ2v) is 11.4. The van der Waals surface area contributed by atoms with Gasteiger partial charge in [0.25, 0.3) is 0 Å². The summed E-state index contributed by atoms with van der Waals surface area (Å²) in [5.41, 5.74) is 0.667. The minimum Gasteiger partial charge on any atom is -0.435 e. The molecule has 40 heavy (non-hydrogen) atoms. The van der Waals surface area contributed by atoms with Crippen molar-refractivity contribution >= 4 is 16.0 Å². The number of nitrogens with zero attached hydrogens (tertiary/aromatic N) is 3. The predicted molar refractivity (Wildman–Crippen MR) is 147 cm³/mol. The van der Waals surface area contributed by atoms with Gasteiger partial charge in [0.2, 0.25) is 27.7 Å². The quantitative estimate of drug-likeness (QED) is 0.286. The molecule has 9 nitrogen and oxygen atoms in total. The summed E-state index contributed by atoms with van der Waals surface area (Å²) >= 11 is 0. The van der Waals surface area contributed by atoms with Gasteiger partial charge in [0.1, 0.15) is 5.25 Å². The normalized spacial score (nSPS) is 18.2. The highest BCUT2D eigenvalue weighted by Gasteiger charge is 2.31. The van der Waals surface area contributed by atoms with Crippen LogP contribution in [0.4, 0.5) is 14.7 Å². The van der Waals surface area contributed by atoms with E-state index in [2.05, 4.69) is 32.5 Å². The van der Waals surface area contributed by atoms with Gasteiger partial charge in [-0.15, -0.1) is 0 Å². The monoisotopic (exact) mass is 566 g/mol. The van der Waals surface area contributed by atoms with Gasteiger partial charge in [-0.05, 0) is 48.7 Å². The van der Waals surface area contributed by atoms with Crippen LogP contribution < -0.4 is 20.5 Å². The number of aromatic nitrogens is 3. The molecule has 1 saturated heterocycles. The Morgan fingerprint density at radius 3 is 2.55 bits per heavy atom. The maximum atomic E-state index is 15.3. The number of piperidine rings is 1. The molecule has 3 atom stereocenters. The molecule has 1 fully saturated rings. The summed E-state index contributed by atoms with van der Waals surface area (Å²) in [6.07, 6.45) is 4.01. The molecule has 3 heterocycles.